The van der Waals surface area contributed by atoms with Crippen LogP contribution in [-0.2, 0) is 26.6 Å². The third-order valence-corrected chi connectivity index (χ3v) is 6.04. The molecule has 2 aromatic rings. The number of hydrogen-bond donors (Lipinski definition) is 2. The molecule has 0 fully saturated rings. The summed E-state index contributed by atoms with van der Waals surface area (Å²) in [5.74, 6) is 0.0245. The molecule has 0 bridgehead atoms. The Balaban J connectivity index is 2.02. The Kier molecular flexibility index (Phi) is 5.67. The quantitative estimate of drug-likeness (QED) is 0.727. The van der Waals surface area contributed by atoms with Crippen LogP contribution in [0.4, 0.5) is 0 Å². The first-order valence-corrected chi connectivity index (χ1v) is 10.7. The minimum absolute atomic E-state index is 0.0155. The highest BCUT2D eigenvalue weighted by molar-refractivity contribution is 7.89. The number of hydrogen-bond acceptors (Lipinski definition) is 5. The summed E-state index contributed by atoms with van der Waals surface area (Å²) in [6.45, 7) is 6.60. The number of nitrogens with zero attached hydrogens (tertiary/aromatic N) is 2. The number of primary sulfonamides is 1. The van der Waals surface area contributed by atoms with Crippen LogP contribution in [0.15, 0.2) is 40.1 Å². The maximum absolute atomic E-state index is 12.3. The van der Waals surface area contributed by atoms with Crippen LogP contribution in [-0.4, -0.2) is 33.2 Å². The van der Waals surface area contributed by atoms with Gasteiger partial charge in [0.2, 0.25) is 20.0 Å². The summed E-state index contributed by atoms with van der Waals surface area (Å²) in [5.41, 5.74) is 1.94. The van der Waals surface area contributed by atoms with Crippen molar-refractivity contribution < 1.29 is 16.8 Å². The molecule has 0 saturated heterocycles. The van der Waals surface area contributed by atoms with Crippen LogP contribution in [0.1, 0.15) is 18.3 Å². The fourth-order valence-electron chi connectivity index (χ4n) is 2.36. The Bertz CT molecular complexity index is 948. The van der Waals surface area contributed by atoms with Crippen molar-refractivity contribution in [2.24, 2.45) is 11.1 Å². The van der Waals surface area contributed by atoms with Crippen molar-refractivity contribution in [1.82, 2.24) is 14.5 Å². The van der Waals surface area contributed by atoms with Crippen LogP contribution in [0.3, 0.4) is 0 Å². The Morgan fingerprint density at radius 1 is 1.12 bits per heavy atom. The van der Waals surface area contributed by atoms with Crippen molar-refractivity contribution in [1.29, 1.82) is 0 Å². The molecule has 3 N–H and O–H groups in total. The van der Waals surface area contributed by atoms with Crippen molar-refractivity contribution in [3.05, 3.63) is 41.7 Å². The van der Waals surface area contributed by atoms with Gasteiger partial charge >= 0.3 is 0 Å². The fourth-order valence-corrected chi connectivity index (χ4v) is 4.04. The van der Waals surface area contributed by atoms with Crippen molar-refractivity contribution in [2.75, 3.05) is 6.54 Å². The second-order valence-corrected chi connectivity index (χ2v) is 9.41. The zero-order chi connectivity index (χ0) is 18.8. The van der Waals surface area contributed by atoms with E-state index < -0.39 is 20.0 Å². The molecule has 0 aliphatic carbocycles. The first-order chi connectivity index (χ1) is 11.5. The first kappa shape index (κ1) is 19.6. The van der Waals surface area contributed by atoms with E-state index in [9.17, 15) is 16.8 Å². The first-order valence-electron chi connectivity index (χ1n) is 7.62. The molecule has 2 rings (SSSR count). The smallest absolute Gasteiger partial charge is 0.240 e. The number of rotatable bonds is 7. The summed E-state index contributed by atoms with van der Waals surface area (Å²) in [7, 11) is -7.58. The summed E-state index contributed by atoms with van der Waals surface area (Å²) in [6.07, 6.45) is 0. The van der Waals surface area contributed by atoms with Gasteiger partial charge in [-0.3, -0.25) is 4.68 Å². The van der Waals surface area contributed by atoms with Crippen LogP contribution >= 0.6 is 0 Å². The van der Waals surface area contributed by atoms with Crippen LogP contribution in [0.2, 0.25) is 0 Å². The van der Waals surface area contributed by atoms with E-state index in [0.29, 0.717) is 6.54 Å². The number of nitrogens with two attached hydrogens (primary N) is 1. The van der Waals surface area contributed by atoms with Gasteiger partial charge < -0.3 is 0 Å². The lowest BCUT2D eigenvalue weighted by atomic mass is 10.2. The molecule has 25 heavy (non-hydrogen) atoms. The second-order valence-electron chi connectivity index (χ2n) is 6.08. The zero-order valence-corrected chi connectivity index (χ0v) is 15.9. The third kappa shape index (κ3) is 5.11. The van der Waals surface area contributed by atoms with Gasteiger partial charge in [-0.1, -0.05) is 6.92 Å². The molecule has 0 aliphatic heterocycles. The summed E-state index contributed by atoms with van der Waals surface area (Å²) >= 11 is 0. The molecule has 1 unspecified atom stereocenters. The van der Waals surface area contributed by atoms with E-state index in [4.69, 9.17) is 5.14 Å². The highest BCUT2D eigenvalue weighted by atomic mass is 32.2. The average Bonchev–Trinajstić information content (AvgIpc) is 2.82. The summed E-state index contributed by atoms with van der Waals surface area (Å²) in [4.78, 5) is -0.150. The van der Waals surface area contributed by atoms with Gasteiger partial charge in [0.1, 0.15) is 0 Å². The predicted octanol–water partition coefficient (Wildman–Crippen LogP) is 0.762. The standard InChI is InChI=1S/C15H22N4O4S2/c1-11(10-19-13(3)8-12(2)18-19)9-17-25(22,23)15-6-4-14(5-7-15)24(16,20)21/h4-8,11,17H,9-10H2,1-3H3,(H2,16,20,21). The Morgan fingerprint density at radius 2 is 1.68 bits per heavy atom. The second kappa shape index (κ2) is 7.24. The van der Waals surface area contributed by atoms with E-state index >= 15 is 0 Å². The average molecular weight is 386 g/mol. The molecule has 0 amide bonds. The molecular weight excluding hydrogens is 364 g/mol. The van der Waals surface area contributed by atoms with Gasteiger partial charge in [-0.25, -0.2) is 26.7 Å². The normalized spacial score (nSPS) is 13.8. The number of aromatic nitrogens is 2. The molecule has 0 aliphatic rings. The lowest BCUT2D eigenvalue weighted by molar-refractivity contribution is 0.436. The molecule has 8 nitrogen and oxygen atoms in total. The van der Waals surface area contributed by atoms with Crippen molar-refractivity contribution in [3.63, 3.8) is 0 Å². The Labute approximate surface area is 148 Å². The highest BCUT2D eigenvalue weighted by Crippen LogP contribution is 2.14. The number of nitrogens with one attached hydrogen (secondary N) is 1. The van der Waals surface area contributed by atoms with E-state index in [2.05, 4.69) is 9.82 Å². The van der Waals surface area contributed by atoms with Crippen molar-refractivity contribution in [2.45, 2.75) is 37.1 Å². The predicted molar refractivity (Wildman–Crippen MR) is 93.9 cm³/mol. The van der Waals surface area contributed by atoms with Gasteiger partial charge in [-0.15, -0.1) is 0 Å². The van der Waals surface area contributed by atoms with Gasteiger partial charge in [-0.05, 0) is 50.1 Å². The van der Waals surface area contributed by atoms with Gasteiger partial charge in [0.15, 0.2) is 0 Å². The number of aryl methyl sites for hydroxylation is 2. The molecule has 138 valence electrons. The van der Waals surface area contributed by atoms with Gasteiger partial charge in [-0.2, -0.15) is 5.10 Å². The molecule has 0 saturated carbocycles. The Hall–Kier alpha value is -1.75. The molecule has 0 radical (unpaired) electrons. The van der Waals surface area contributed by atoms with Gasteiger partial charge in [0.25, 0.3) is 0 Å². The summed E-state index contributed by atoms with van der Waals surface area (Å²) < 4.78 is 51.4. The maximum atomic E-state index is 12.3. The summed E-state index contributed by atoms with van der Waals surface area (Å²) in [5, 5.41) is 9.36. The zero-order valence-electron chi connectivity index (χ0n) is 14.3. The van der Waals surface area contributed by atoms with E-state index in [-0.39, 0.29) is 22.3 Å². The number of sulfonamides is 2. The maximum Gasteiger partial charge on any atom is 0.240 e. The van der Waals surface area contributed by atoms with Crippen LogP contribution in [0.25, 0.3) is 0 Å². The van der Waals surface area contributed by atoms with E-state index in [1.165, 1.54) is 24.3 Å². The molecular formula is C15H22N4O4S2. The minimum atomic E-state index is -3.85. The fraction of sp³-hybridized carbons (Fsp3) is 0.400. The van der Waals surface area contributed by atoms with Gasteiger partial charge in [0, 0.05) is 18.8 Å². The molecule has 0 spiro atoms. The lowest BCUT2D eigenvalue weighted by Crippen LogP contribution is -2.30. The van der Waals surface area contributed by atoms with Gasteiger partial charge in [0.05, 0.1) is 15.5 Å². The molecule has 1 atom stereocenters. The van der Waals surface area contributed by atoms with Crippen LogP contribution in [0.5, 0.6) is 0 Å². The van der Waals surface area contributed by atoms with Crippen LogP contribution in [0, 0.1) is 19.8 Å². The molecule has 10 heteroatoms. The SMILES string of the molecule is Cc1cc(C)n(CC(C)CNS(=O)(=O)c2ccc(S(N)(=O)=O)cc2)n1. The minimum Gasteiger partial charge on any atom is -0.269 e. The molecule has 1 aromatic carbocycles. The van der Waals surface area contributed by atoms with E-state index in [1.54, 1.807) is 0 Å². The van der Waals surface area contributed by atoms with E-state index in [0.717, 1.165) is 11.4 Å². The van der Waals surface area contributed by atoms with Crippen LogP contribution < -0.4 is 9.86 Å². The monoisotopic (exact) mass is 386 g/mol. The Morgan fingerprint density at radius 3 is 2.16 bits per heavy atom. The van der Waals surface area contributed by atoms with Crippen molar-refractivity contribution in [3.8, 4) is 0 Å². The largest absolute Gasteiger partial charge is 0.269 e. The molecule has 1 aromatic heterocycles. The molecule has 1 heterocycles. The van der Waals surface area contributed by atoms with E-state index in [1.807, 2.05) is 31.5 Å². The summed E-state index contributed by atoms with van der Waals surface area (Å²) in [6, 6.07) is 6.73. The lowest BCUT2D eigenvalue weighted by Gasteiger charge is -2.14. The number of benzene rings is 1. The van der Waals surface area contributed by atoms with Crippen molar-refractivity contribution >= 4 is 20.0 Å². The topological polar surface area (TPSA) is 124 Å². The highest BCUT2D eigenvalue weighted by Gasteiger charge is 2.17. The third-order valence-electron chi connectivity index (χ3n) is 3.67.